The van der Waals surface area contributed by atoms with Gasteiger partial charge >= 0.3 is 0 Å². The van der Waals surface area contributed by atoms with Gasteiger partial charge in [-0.25, -0.2) is 4.98 Å². The largest absolute Gasteiger partial charge is 0.333 e. The Bertz CT molecular complexity index is 760. The lowest BCUT2D eigenvalue weighted by Crippen LogP contribution is -2.45. The molecule has 1 unspecified atom stereocenters. The third-order valence-electron chi connectivity index (χ3n) is 5.92. The van der Waals surface area contributed by atoms with Crippen LogP contribution < -0.4 is 0 Å². The number of likely N-dealkylation sites (tertiary alicyclic amines) is 2. The van der Waals surface area contributed by atoms with Gasteiger partial charge < -0.3 is 4.90 Å². The van der Waals surface area contributed by atoms with Crippen LogP contribution in [0.2, 0.25) is 0 Å². The molecule has 1 atom stereocenters. The van der Waals surface area contributed by atoms with E-state index in [0.717, 1.165) is 56.9 Å². The zero-order chi connectivity index (χ0) is 18.0. The Morgan fingerprint density at radius 3 is 2.73 bits per heavy atom. The van der Waals surface area contributed by atoms with Gasteiger partial charge in [0, 0.05) is 42.7 Å². The second-order valence-electron chi connectivity index (χ2n) is 7.67. The molecular formula is C21H27N3OS. The molecule has 26 heavy (non-hydrogen) atoms. The Morgan fingerprint density at radius 2 is 1.96 bits per heavy atom. The highest BCUT2D eigenvalue weighted by atomic mass is 32.1. The summed E-state index contributed by atoms with van der Waals surface area (Å²) >= 11 is 1.80. The molecule has 0 saturated carbocycles. The number of aryl methyl sites for hydroxylation is 1. The predicted molar refractivity (Wildman–Crippen MR) is 105 cm³/mol. The fourth-order valence-electron chi connectivity index (χ4n) is 4.51. The van der Waals surface area contributed by atoms with Crippen LogP contribution in [-0.2, 0) is 17.9 Å². The summed E-state index contributed by atoms with van der Waals surface area (Å²) < 4.78 is 0. The first-order valence-corrected chi connectivity index (χ1v) is 10.4. The van der Waals surface area contributed by atoms with Crippen LogP contribution in [0.4, 0.5) is 0 Å². The van der Waals surface area contributed by atoms with Gasteiger partial charge in [-0.15, -0.1) is 11.3 Å². The van der Waals surface area contributed by atoms with Crippen molar-refractivity contribution in [3.8, 4) is 0 Å². The smallest absolute Gasteiger partial charge is 0.223 e. The highest BCUT2D eigenvalue weighted by molar-refractivity contribution is 7.11. The van der Waals surface area contributed by atoms with Gasteiger partial charge in [-0.3, -0.25) is 9.69 Å². The highest BCUT2D eigenvalue weighted by Gasteiger charge is 2.45. The van der Waals surface area contributed by atoms with Crippen LogP contribution in [0, 0.1) is 6.92 Å². The fourth-order valence-corrected chi connectivity index (χ4v) is 5.34. The average molecular weight is 370 g/mol. The molecule has 2 saturated heterocycles. The number of carbonyl (C=O) groups excluding carboxylic acids is 1. The first-order chi connectivity index (χ1) is 12.6. The molecule has 1 aromatic carbocycles. The SMILES string of the molecule is Cc1ncc(CN2CCCC3(CCC(=O)N3Cc3ccccc3)CC2)s1. The van der Waals surface area contributed by atoms with E-state index in [9.17, 15) is 4.79 Å². The molecule has 0 N–H and O–H groups in total. The molecule has 5 heteroatoms. The minimum absolute atomic E-state index is 0.0608. The minimum atomic E-state index is 0.0608. The van der Waals surface area contributed by atoms with E-state index in [1.54, 1.807) is 11.3 Å². The van der Waals surface area contributed by atoms with Gasteiger partial charge in [0.15, 0.2) is 0 Å². The number of hydrogen-bond donors (Lipinski definition) is 0. The van der Waals surface area contributed by atoms with Crippen molar-refractivity contribution in [1.82, 2.24) is 14.8 Å². The van der Waals surface area contributed by atoms with E-state index in [1.807, 2.05) is 12.3 Å². The molecule has 0 bridgehead atoms. The van der Waals surface area contributed by atoms with Crippen LogP contribution >= 0.6 is 11.3 Å². The van der Waals surface area contributed by atoms with Crippen molar-refractivity contribution >= 4 is 17.2 Å². The maximum Gasteiger partial charge on any atom is 0.223 e. The molecule has 2 fully saturated rings. The topological polar surface area (TPSA) is 36.4 Å². The van der Waals surface area contributed by atoms with E-state index in [4.69, 9.17) is 0 Å². The van der Waals surface area contributed by atoms with Gasteiger partial charge in [-0.2, -0.15) is 0 Å². The number of nitrogens with zero attached hydrogens (tertiary/aromatic N) is 3. The van der Waals surface area contributed by atoms with Crippen molar-refractivity contribution < 1.29 is 4.79 Å². The second-order valence-corrected chi connectivity index (χ2v) is 8.98. The van der Waals surface area contributed by atoms with Crippen LogP contribution in [0.5, 0.6) is 0 Å². The Kier molecular flexibility index (Phi) is 5.09. The zero-order valence-corrected chi connectivity index (χ0v) is 16.3. The molecule has 1 aromatic heterocycles. The Morgan fingerprint density at radius 1 is 1.12 bits per heavy atom. The Balaban J connectivity index is 1.46. The quantitative estimate of drug-likeness (QED) is 0.817. The molecule has 1 amide bonds. The molecule has 0 radical (unpaired) electrons. The number of hydrogen-bond acceptors (Lipinski definition) is 4. The summed E-state index contributed by atoms with van der Waals surface area (Å²) in [7, 11) is 0. The van der Waals surface area contributed by atoms with Crippen molar-refractivity contribution in [3.05, 3.63) is 52.0 Å². The standard InChI is InChI=1S/C21H27N3OS/c1-17-22-14-19(26-17)16-23-12-5-9-21(11-13-23)10-8-20(25)24(21)15-18-6-3-2-4-7-18/h2-4,6-7,14H,5,8-13,15-16H2,1H3. The van der Waals surface area contributed by atoms with Crippen LogP contribution in [0.1, 0.15) is 47.6 Å². The highest BCUT2D eigenvalue weighted by Crippen LogP contribution is 2.40. The summed E-state index contributed by atoms with van der Waals surface area (Å²) in [6.07, 6.45) is 7.12. The van der Waals surface area contributed by atoms with Crippen molar-refractivity contribution in [2.45, 2.75) is 57.7 Å². The van der Waals surface area contributed by atoms with Crippen LogP contribution in [0.3, 0.4) is 0 Å². The van der Waals surface area contributed by atoms with E-state index >= 15 is 0 Å². The molecule has 3 heterocycles. The zero-order valence-electron chi connectivity index (χ0n) is 15.5. The van der Waals surface area contributed by atoms with E-state index in [-0.39, 0.29) is 5.54 Å². The third kappa shape index (κ3) is 3.69. The van der Waals surface area contributed by atoms with E-state index < -0.39 is 0 Å². The van der Waals surface area contributed by atoms with E-state index in [1.165, 1.54) is 10.4 Å². The molecule has 4 rings (SSSR count). The maximum absolute atomic E-state index is 12.6. The summed E-state index contributed by atoms with van der Waals surface area (Å²) in [5, 5.41) is 1.14. The molecule has 0 aliphatic carbocycles. The van der Waals surface area contributed by atoms with Gasteiger partial charge in [0.25, 0.3) is 0 Å². The molecular weight excluding hydrogens is 342 g/mol. The first-order valence-electron chi connectivity index (χ1n) is 9.63. The number of thiazole rings is 1. The van der Waals surface area contributed by atoms with Crippen molar-refractivity contribution in [3.63, 3.8) is 0 Å². The summed E-state index contributed by atoms with van der Waals surface area (Å²) in [5.41, 5.74) is 1.30. The van der Waals surface area contributed by atoms with Gasteiger partial charge in [-0.05, 0) is 44.7 Å². The molecule has 4 nitrogen and oxygen atoms in total. The summed E-state index contributed by atoms with van der Waals surface area (Å²) in [6.45, 7) is 6.00. The van der Waals surface area contributed by atoms with Crippen molar-refractivity contribution in [1.29, 1.82) is 0 Å². The Hall–Kier alpha value is -1.72. The van der Waals surface area contributed by atoms with E-state index in [0.29, 0.717) is 12.3 Å². The molecule has 138 valence electrons. The monoisotopic (exact) mass is 369 g/mol. The van der Waals surface area contributed by atoms with Gasteiger partial charge in [0.1, 0.15) is 0 Å². The summed E-state index contributed by atoms with van der Waals surface area (Å²) in [5.74, 6) is 0.334. The van der Waals surface area contributed by atoms with Gasteiger partial charge in [0.05, 0.1) is 5.01 Å². The summed E-state index contributed by atoms with van der Waals surface area (Å²) in [6, 6.07) is 10.4. The Labute approximate surface area is 159 Å². The lowest BCUT2D eigenvalue weighted by Gasteiger charge is -2.38. The normalized spacial score (nSPS) is 24.3. The van der Waals surface area contributed by atoms with E-state index in [2.05, 4.69) is 46.0 Å². The predicted octanol–water partition coefficient (Wildman–Crippen LogP) is 4.00. The van der Waals surface area contributed by atoms with Crippen molar-refractivity contribution in [2.75, 3.05) is 13.1 Å². The first kappa shape index (κ1) is 17.7. The average Bonchev–Trinajstić information content (AvgIpc) is 3.10. The molecule has 2 aliphatic heterocycles. The molecule has 2 aliphatic rings. The number of carbonyl (C=O) groups is 1. The number of rotatable bonds is 4. The number of benzene rings is 1. The lowest BCUT2D eigenvalue weighted by atomic mass is 9.87. The third-order valence-corrected chi connectivity index (χ3v) is 6.82. The van der Waals surface area contributed by atoms with Crippen LogP contribution in [0.25, 0.3) is 0 Å². The number of amides is 1. The van der Waals surface area contributed by atoms with Crippen LogP contribution in [-0.4, -0.2) is 39.3 Å². The fraction of sp³-hybridized carbons (Fsp3) is 0.524. The van der Waals surface area contributed by atoms with Crippen molar-refractivity contribution in [2.24, 2.45) is 0 Å². The van der Waals surface area contributed by atoms with Gasteiger partial charge in [0.2, 0.25) is 5.91 Å². The minimum Gasteiger partial charge on any atom is -0.333 e. The summed E-state index contributed by atoms with van der Waals surface area (Å²) in [4.78, 5) is 23.1. The number of aromatic nitrogens is 1. The molecule has 1 spiro atoms. The second kappa shape index (κ2) is 7.49. The molecule has 2 aromatic rings. The maximum atomic E-state index is 12.6. The van der Waals surface area contributed by atoms with Crippen LogP contribution in [0.15, 0.2) is 36.5 Å². The van der Waals surface area contributed by atoms with Gasteiger partial charge in [-0.1, -0.05) is 30.3 Å². The lowest BCUT2D eigenvalue weighted by molar-refractivity contribution is -0.132.